The first-order chi connectivity index (χ1) is 8.66. The fourth-order valence-electron chi connectivity index (χ4n) is 2.96. The Morgan fingerprint density at radius 3 is 2.50 bits per heavy atom. The van der Waals surface area contributed by atoms with Gasteiger partial charge in [0.25, 0.3) is 0 Å². The third-order valence-electron chi connectivity index (χ3n) is 3.83. The summed E-state index contributed by atoms with van der Waals surface area (Å²) in [6.45, 7) is 0.246. The molecule has 2 fully saturated rings. The van der Waals surface area contributed by atoms with Gasteiger partial charge in [0.15, 0.2) is 0 Å². The van der Waals surface area contributed by atoms with E-state index >= 15 is 0 Å². The lowest BCUT2D eigenvalue weighted by molar-refractivity contribution is -0.141. The fraction of sp³-hybridized carbons (Fsp3) is 0.462. The molecule has 94 valence electrons. The van der Waals surface area contributed by atoms with Crippen molar-refractivity contribution in [3.8, 4) is 0 Å². The van der Waals surface area contributed by atoms with Crippen LogP contribution in [0.4, 0.5) is 5.82 Å². The van der Waals surface area contributed by atoms with E-state index in [2.05, 4.69) is 4.98 Å². The van der Waals surface area contributed by atoms with Gasteiger partial charge >= 0.3 is 0 Å². The zero-order valence-electron chi connectivity index (χ0n) is 10.0. The van der Waals surface area contributed by atoms with Crippen LogP contribution in [0, 0.1) is 11.8 Å². The van der Waals surface area contributed by atoms with Gasteiger partial charge in [-0.1, -0.05) is 12.5 Å². The standard InChI is InChI=1S/C13H15N3O2/c14-11-6-1-3-8(15-11)7-16-12(17)9-4-2-5-10(9)13(16)18/h1,3,6,9-10H,2,4-5,7H2,(H2,14,15). The highest BCUT2D eigenvalue weighted by Gasteiger charge is 2.49. The van der Waals surface area contributed by atoms with Gasteiger partial charge in [0.1, 0.15) is 5.82 Å². The Kier molecular flexibility index (Phi) is 2.54. The highest BCUT2D eigenvalue weighted by molar-refractivity contribution is 6.05. The lowest BCUT2D eigenvalue weighted by atomic mass is 10.00. The van der Waals surface area contributed by atoms with E-state index in [0.29, 0.717) is 11.5 Å². The molecule has 1 saturated carbocycles. The number of hydrogen-bond acceptors (Lipinski definition) is 4. The predicted molar refractivity (Wildman–Crippen MR) is 65.0 cm³/mol. The molecule has 18 heavy (non-hydrogen) atoms. The summed E-state index contributed by atoms with van der Waals surface area (Å²) in [6, 6.07) is 5.25. The van der Waals surface area contributed by atoms with Gasteiger partial charge in [0, 0.05) is 0 Å². The summed E-state index contributed by atoms with van der Waals surface area (Å²) in [4.78, 5) is 29.7. The smallest absolute Gasteiger partial charge is 0.233 e. The third-order valence-corrected chi connectivity index (χ3v) is 3.83. The van der Waals surface area contributed by atoms with Crippen LogP contribution in [-0.2, 0) is 16.1 Å². The van der Waals surface area contributed by atoms with Crippen molar-refractivity contribution in [2.45, 2.75) is 25.8 Å². The largest absolute Gasteiger partial charge is 0.384 e. The molecule has 2 aliphatic rings. The number of likely N-dealkylation sites (tertiary alicyclic amines) is 1. The molecule has 1 aliphatic heterocycles. The molecule has 2 amide bonds. The predicted octanol–water partition coefficient (Wildman–Crippen LogP) is 0.949. The number of fused-ring (bicyclic) bond motifs is 1. The fourth-order valence-corrected chi connectivity index (χ4v) is 2.96. The van der Waals surface area contributed by atoms with E-state index in [1.54, 1.807) is 18.2 Å². The molecule has 0 aromatic carbocycles. The zero-order chi connectivity index (χ0) is 12.7. The van der Waals surface area contributed by atoms with Crippen molar-refractivity contribution in [2.24, 2.45) is 11.8 Å². The van der Waals surface area contributed by atoms with Crippen molar-refractivity contribution < 1.29 is 9.59 Å². The maximum absolute atomic E-state index is 12.1. The van der Waals surface area contributed by atoms with Gasteiger partial charge in [0.2, 0.25) is 11.8 Å². The average Bonchev–Trinajstić information content (AvgIpc) is 2.90. The molecule has 2 unspecified atom stereocenters. The van der Waals surface area contributed by atoms with Crippen molar-refractivity contribution in [3.63, 3.8) is 0 Å². The van der Waals surface area contributed by atoms with Crippen LogP contribution in [0.3, 0.4) is 0 Å². The highest BCUT2D eigenvalue weighted by Crippen LogP contribution is 2.40. The molecule has 0 spiro atoms. The average molecular weight is 245 g/mol. The van der Waals surface area contributed by atoms with Gasteiger partial charge in [-0.3, -0.25) is 14.5 Å². The molecule has 1 aromatic rings. The van der Waals surface area contributed by atoms with E-state index < -0.39 is 0 Å². The maximum atomic E-state index is 12.1. The summed E-state index contributed by atoms with van der Waals surface area (Å²) < 4.78 is 0. The molecule has 5 heteroatoms. The van der Waals surface area contributed by atoms with Crippen LogP contribution in [0.5, 0.6) is 0 Å². The van der Waals surface area contributed by atoms with E-state index in [4.69, 9.17) is 5.73 Å². The van der Waals surface area contributed by atoms with E-state index in [0.717, 1.165) is 19.3 Å². The van der Waals surface area contributed by atoms with Crippen molar-refractivity contribution in [3.05, 3.63) is 23.9 Å². The van der Waals surface area contributed by atoms with Gasteiger partial charge in [-0.2, -0.15) is 0 Å². The second-order valence-corrected chi connectivity index (χ2v) is 4.96. The molecule has 2 heterocycles. The Morgan fingerprint density at radius 1 is 1.22 bits per heavy atom. The number of nitrogens with two attached hydrogens (primary N) is 1. The van der Waals surface area contributed by atoms with Gasteiger partial charge in [-0.15, -0.1) is 0 Å². The number of hydrogen-bond donors (Lipinski definition) is 1. The van der Waals surface area contributed by atoms with E-state index in [9.17, 15) is 9.59 Å². The number of imide groups is 1. The van der Waals surface area contributed by atoms with Crippen LogP contribution < -0.4 is 5.73 Å². The van der Waals surface area contributed by atoms with Crippen LogP contribution in [0.2, 0.25) is 0 Å². The molecular weight excluding hydrogens is 230 g/mol. The third kappa shape index (κ3) is 1.66. The summed E-state index contributed by atoms with van der Waals surface area (Å²) >= 11 is 0. The second kappa shape index (κ2) is 4.08. The number of aromatic nitrogens is 1. The van der Waals surface area contributed by atoms with Gasteiger partial charge in [0.05, 0.1) is 24.1 Å². The van der Waals surface area contributed by atoms with Gasteiger partial charge < -0.3 is 5.73 Å². The van der Waals surface area contributed by atoms with E-state index in [1.165, 1.54) is 4.90 Å². The molecule has 1 saturated heterocycles. The van der Waals surface area contributed by atoms with Gasteiger partial charge in [-0.25, -0.2) is 4.98 Å². The number of nitrogens with zero attached hydrogens (tertiary/aromatic N) is 2. The summed E-state index contributed by atoms with van der Waals surface area (Å²) in [5, 5.41) is 0. The summed E-state index contributed by atoms with van der Waals surface area (Å²) in [5.74, 6) is 0.169. The number of amides is 2. The topological polar surface area (TPSA) is 76.3 Å². The molecule has 0 radical (unpaired) electrons. The van der Waals surface area contributed by atoms with Gasteiger partial charge in [-0.05, 0) is 25.0 Å². The lowest BCUT2D eigenvalue weighted by Crippen LogP contribution is -2.31. The number of rotatable bonds is 2. The monoisotopic (exact) mass is 245 g/mol. The van der Waals surface area contributed by atoms with Crippen molar-refractivity contribution >= 4 is 17.6 Å². The van der Waals surface area contributed by atoms with E-state index in [-0.39, 0.29) is 30.2 Å². The van der Waals surface area contributed by atoms with Crippen LogP contribution >= 0.6 is 0 Å². The zero-order valence-corrected chi connectivity index (χ0v) is 10.0. The Morgan fingerprint density at radius 2 is 1.89 bits per heavy atom. The van der Waals surface area contributed by atoms with Crippen molar-refractivity contribution in [1.29, 1.82) is 0 Å². The maximum Gasteiger partial charge on any atom is 0.233 e. The number of pyridine rings is 1. The molecule has 3 rings (SSSR count). The van der Waals surface area contributed by atoms with Crippen LogP contribution in [-0.4, -0.2) is 21.7 Å². The first-order valence-corrected chi connectivity index (χ1v) is 6.23. The van der Waals surface area contributed by atoms with Crippen LogP contribution in [0.1, 0.15) is 25.0 Å². The summed E-state index contributed by atoms with van der Waals surface area (Å²) in [6.07, 6.45) is 2.67. The normalized spacial score (nSPS) is 26.8. The van der Waals surface area contributed by atoms with Crippen LogP contribution in [0.15, 0.2) is 18.2 Å². The summed E-state index contributed by atoms with van der Waals surface area (Å²) in [7, 11) is 0. The number of carbonyl (C=O) groups is 2. The minimum absolute atomic E-state index is 0.0354. The molecule has 1 aromatic heterocycles. The molecule has 1 aliphatic carbocycles. The first kappa shape index (κ1) is 11.2. The Balaban J connectivity index is 1.81. The molecule has 2 N–H and O–H groups in total. The number of nitrogen functional groups attached to an aromatic ring is 1. The van der Waals surface area contributed by atoms with E-state index in [1.807, 2.05) is 0 Å². The Labute approximate surface area is 105 Å². The highest BCUT2D eigenvalue weighted by atomic mass is 16.2. The number of anilines is 1. The lowest BCUT2D eigenvalue weighted by Gasteiger charge is -2.15. The SMILES string of the molecule is Nc1cccc(CN2C(=O)C3CCCC3C2=O)n1. The first-order valence-electron chi connectivity index (χ1n) is 6.23. The minimum atomic E-state index is -0.0847. The van der Waals surface area contributed by atoms with Crippen molar-refractivity contribution in [2.75, 3.05) is 5.73 Å². The molecule has 5 nitrogen and oxygen atoms in total. The van der Waals surface area contributed by atoms with Crippen LogP contribution in [0.25, 0.3) is 0 Å². The minimum Gasteiger partial charge on any atom is -0.384 e. The quantitative estimate of drug-likeness (QED) is 0.787. The molecule has 0 bridgehead atoms. The summed E-state index contributed by atoms with van der Waals surface area (Å²) in [5.41, 5.74) is 6.26. The second-order valence-electron chi connectivity index (χ2n) is 4.96. The van der Waals surface area contributed by atoms with Crippen molar-refractivity contribution in [1.82, 2.24) is 9.88 Å². The molecule has 2 atom stereocenters. The molecular formula is C13H15N3O2. The Bertz CT molecular complexity index is 493. The number of carbonyl (C=O) groups excluding carboxylic acids is 2. The Hall–Kier alpha value is -1.91.